The van der Waals surface area contributed by atoms with Gasteiger partial charge in [-0.25, -0.2) is 0 Å². The van der Waals surface area contributed by atoms with Gasteiger partial charge in [-0.3, -0.25) is 5.10 Å². The van der Waals surface area contributed by atoms with Crippen molar-refractivity contribution < 1.29 is 0 Å². The maximum absolute atomic E-state index is 4.05. The average Bonchev–Trinajstić information content (AvgIpc) is 3.07. The molecule has 0 fully saturated rings. The first-order chi connectivity index (χ1) is 10.4. The van der Waals surface area contributed by atoms with Crippen LogP contribution in [0, 0.1) is 0 Å². The number of benzene rings is 4. The first-order valence-corrected chi connectivity index (χ1v) is 7.07. The van der Waals surface area contributed by atoms with Crippen LogP contribution in [-0.4, -0.2) is 10.2 Å². The van der Waals surface area contributed by atoms with Gasteiger partial charge < -0.3 is 0 Å². The van der Waals surface area contributed by atoms with Crippen LogP contribution >= 0.6 is 0 Å². The average molecular weight is 268 g/mol. The maximum Gasteiger partial charge on any atom is 0.0650 e. The predicted octanol–water partition coefficient (Wildman–Crippen LogP) is 4.97. The number of hydrogen-bond donors (Lipinski definition) is 1. The molecule has 5 rings (SSSR count). The standard InChI is InChI=1S/C19H12N2/c1-2-12-4-6-14-10-16(17-8-9-20-21-17)11-15-7-5-13(3-1)18(12)19(14)15/h1-11H,(H,20,21). The second-order valence-electron chi connectivity index (χ2n) is 5.48. The van der Waals surface area contributed by atoms with Crippen molar-refractivity contribution in [3.05, 3.63) is 66.9 Å². The van der Waals surface area contributed by atoms with E-state index in [0.717, 1.165) is 5.69 Å². The van der Waals surface area contributed by atoms with Gasteiger partial charge in [0.1, 0.15) is 0 Å². The van der Waals surface area contributed by atoms with E-state index >= 15 is 0 Å². The first-order valence-electron chi connectivity index (χ1n) is 7.07. The van der Waals surface area contributed by atoms with Crippen LogP contribution in [0.25, 0.3) is 43.6 Å². The number of nitrogens with zero attached hydrogens (tertiary/aromatic N) is 1. The molecule has 0 saturated heterocycles. The minimum absolute atomic E-state index is 1.06. The van der Waals surface area contributed by atoms with Gasteiger partial charge in [-0.15, -0.1) is 0 Å². The van der Waals surface area contributed by atoms with Gasteiger partial charge in [-0.2, -0.15) is 5.10 Å². The van der Waals surface area contributed by atoms with Gasteiger partial charge in [0.2, 0.25) is 0 Å². The Kier molecular flexibility index (Phi) is 1.98. The van der Waals surface area contributed by atoms with E-state index in [4.69, 9.17) is 0 Å². The molecule has 5 aromatic rings. The summed E-state index contributed by atoms with van der Waals surface area (Å²) in [6, 6.07) is 21.8. The fraction of sp³-hybridized carbons (Fsp3) is 0. The summed E-state index contributed by atoms with van der Waals surface area (Å²) in [6.07, 6.45) is 1.79. The molecule has 1 aromatic heterocycles. The summed E-state index contributed by atoms with van der Waals surface area (Å²) in [7, 11) is 0. The lowest BCUT2D eigenvalue weighted by Gasteiger charge is -2.11. The molecule has 0 bridgehead atoms. The normalized spacial score (nSPS) is 11.8. The van der Waals surface area contributed by atoms with Crippen molar-refractivity contribution in [3.8, 4) is 11.3 Å². The van der Waals surface area contributed by atoms with Gasteiger partial charge in [-0.05, 0) is 50.5 Å². The molecule has 0 spiro atoms. The van der Waals surface area contributed by atoms with Crippen LogP contribution in [0.4, 0.5) is 0 Å². The zero-order chi connectivity index (χ0) is 13.8. The lowest BCUT2D eigenvalue weighted by Crippen LogP contribution is -1.85. The summed E-state index contributed by atoms with van der Waals surface area (Å²) in [6.45, 7) is 0. The minimum Gasteiger partial charge on any atom is -0.278 e. The predicted molar refractivity (Wildman–Crippen MR) is 87.7 cm³/mol. The lowest BCUT2D eigenvalue weighted by molar-refractivity contribution is 1.10. The van der Waals surface area contributed by atoms with Gasteiger partial charge >= 0.3 is 0 Å². The fourth-order valence-electron chi connectivity index (χ4n) is 3.33. The Morgan fingerprint density at radius 3 is 1.90 bits per heavy atom. The molecular weight excluding hydrogens is 256 g/mol. The minimum atomic E-state index is 1.06. The van der Waals surface area contributed by atoms with Crippen LogP contribution in [0.15, 0.2) is 66.9 Å². The van der Waals surface area contributed by atoms with Crippen LogP contribution in [0.5, 0.6) is 0 Å². The topological polar surface area (TPSA) is 28.7 Å². The van der Waals surface area contributed by atoms with Crippen molar-refractivity contribution >= 4 is 32.3 Å². The molecule has 1 N–H and O–H groups in total. The quantitative estimate of drug-likeness (QED) is 0.427. The summed E-state index contributed by atoms with van der Waals surface area (Å²) in [5.74, 6) is 0. The Morgan fingerprint density at radius 1 is 0.667 bits per heavy atom. The third-order valence-corrected chi connectivity index (χ3v) is 4.27. The number of hydrogen-bond acceptors (Lipinski definition) is 1. The number of rotatable bonds is 1. The number of nitrogens with one attached hydrogen (secondary N) is 1. The van der Waals surface area contributed by atoms with Crippen LogP contribution in [-0.2, 0) is 0 Å². The van der Waals surface area contributed by atoms with Crippen LogP contribution < -0.4 is 0 Å². The Morgan fingerprint density at radius 2 is 1.29 bits per heavy atom. The smallest absolute Gasteiger partial charge is 0.0650 e. The molecule has 98 valence electrons. The van der Waals surface area contributed by atoms with Gasteiger partial charge in [0.15, 0.2) is 0 Å². The summed E-state index contributed by atoms with van der Waals surface area (Å²) >= 11 is 0. The largest absolute Gasteiger partial charge is 0.278 e. The highest BCUT2D eigenvalue weighted by molar-refractivity contribution is 6.23. The maximum atomic E-state index is 4.05. The third-order valence-electron chi connectivity index (χ3n) is 4.27. The van der Waals surface area contributed by atoms with E-state index in [1.54, 1.807) is 6.20 Å². The lowest BCUT2D eigenvalue weighted by atomic mass is 9.92. The molecule has 0 atom stereocenters. The zero-order valence-corrected chi connectivity index (χ0v) is 11.3. The summed E-state index contributed by atoms with van der Waals surface area (Å²) in [5, 5.41) is 15.0. The summed E-state index contributed by atoms with van der Waals surface area (Å²) < 4.78 is 0. The first kappa shape index (κ1) is 10.9. The molecule has 0 unspecified atom stereocenters. The highest BCUT2D eigenvalue weighted by atomic mass is 15.1. The Hall–Kier alpha value is -2.87. The third kappa shape index (κ3) is 1.44. The highest BCUT2D eigenvalue weighted by Gasteiger charge is 2.09. The van der Waals surface area contributed by atoms with Gasteiger partial charge in [0.05, 0.1) is 5.69 Å². The number of aromatic nitrogens is 2. The molecule has 2 heteroatoms. The molecular formula is C19H12N2. The fourth-order valence-corrected chi connectivity index (χ4v) is 3.33. The number of aromatic amines is 1. The molecule has 0 aliphatic heterocycles. The van der Waals surface area contributed by atoms with E-state index in [2.05, 4.69) is 64.8 Å². The summed E-state index contributed by atoms with van der Waals surface area (Å²) in [4.78, 5) is 0. The zero-order valence-electron chi connectivity index (χ0n) is 11.3. The van der Waals surface area contributed by atoms with Crippen molar-refractivity contribution in [1.82, 2.24) is 10.2 Å². The van der Waals surface area contributed by atoms with E-state index in [0.29, 0.717) is 0 Å². The Labute approximate surface area is 121 Å². The molecule has 0 radical (unpaired) electrons. The highest BCUT2D eigenvalue weighted by Crippen LogP contribution is 2.36. The monoisotopic (exact) mass is 268 g/mol. The molecule has 0 aliphatic carbocycles. The van der Waals surface area contributed by atoms with E-state index in [9.17, 15) is 0 Å². The molecule has 0 amide bonds. The summed E-state index contributed by atoms with van der Waals surface area (Å²) in [5.41, 5.74) is 2.24. The van der Waals surface area contributed by atoms with Gasteiger partial charge in [0.25, 0.3) is 0 Å². The molecule has 2 nitrogen and oxygen atoms in total. The van der Waals surface area contributed by atoms with E-state index in [1.165, 1.54) is 37.9 Å². The second-order valence-corrected chi connectivity index (χ2v) is 5.48. The molecule has 0 aliphatic rings. The SMILES string of the molecule is c1cc2ccc3cc(-c4ccn[nH]4)cc4ccc(c1)c2c34. The number of H-pyrrole nitrogens is 1. The molecule has 21 heavy (non-hydrogen) atoms. The van der Waals surface area contributed by atoms with Crippen molar-refractivity contribution in [2.75, 3.05) is 0 Å². The van der Waals surface area contributed by atoms with E-state index in [1.807, 2.05) is 6.07 Å². The van der Waals surface area contributed by atoms with Gasteiger partial charge in [0, 0.05) is 11.8 Å². The van der Waals surface area contributed by atoms with Gasteiger partial charge in [-0.1, -0.05) is 42.5 Å². The molecule has 4 aromatic carbocycles. The van der Waals surface area contributed by atoms with Crippen molar-refractivity contribution in [2.45, 2.75) is 0 Å². The van der Waals surface area contributed by atoms with Crippen molar-refractivity contribution in [1.29, 1.82) is 0 Å². The Balaban J connectivity index is 1.99. The van der Waals surface area contributed by atoms with Crippen molar-refractivity contribution in [3.63, 3.8) is 0 Å². The van der Waals surface area contributed by atoms with Crippen LogP contribution in [0.1, 0.15) is 0 Å². The second kappa shape index (κ2) is 3.83. The van der Waals surface area contributed by atoms with E-state index in [-0.39, 0.29) is 0 Å². The van der Waals surface area contributed by atoms with Crippen LogP contribution in [0.2, 0.25) is 0 Å². The van der Waals surface area contributed by atoms with Crippen molar-refractivity contribution in [2.24, 2.45) is 0 Å². The molecule has 1 heterocycles. The van der Waals surface area contributed by atoms with Crippen LogP contribution in [0.3, 0.4) is 0 Å². The Bertz CT molecular complexity index is 1010. The molecule has 0 saturated carbocycles. The van der Waals surface area contributed by atoms with E-state index < -0.39 is 0 Å².